The van der Waals surface area contributed by atoms with Crippen molar-refractivity contribution in [3.05, 3.63) is 35.4 Å². The second-order valence-electron chi connectivity index (χ2n) is 3.62. The number of hydrogen-bond donors (Lipinski definition) is 2. The minimum Gasteiger partial charge on any atom is -0.352 e. The van der Waals surface area contributed by atoms with E-state index < -0.39 is 0 Å². The maximum atomic E-state index is 11.6. The van der Waals surface area contributed by atoms with Crippen LogP contribution >= 0.6 is 0 Å². The van der Waals surface area contributed by atoms with E-state index in [9.17, 15) is 4.79 Å². The number of rotatable bonds is 5. The second-order valence-corrected chi connectivity index (χ2v) is 3.62. The Hall–Kier alpha value is -1.35. The van der Waals surface area contributed by atoms with Crippen molar-refractivity contribution in [2.45, 2.75) is 19.8 Å². The van der Waals surface area contributed by atoms with Crippen LogP contribution in [0.25, 0.3) is 0 Å². The summed E-state index contributed by atoms with van der Waals surface area (Å²) in [5.41, 5.74) is 7.24. The van der Waals surface area contributed by atoms with Crippen molar-refractivity contribution < 1.29 is 4.79 Å². The van der Waals surface area contributed by atoms with Crippen molar-refractivity contribution in [1.29, 1.82) is 0 Å². The van der Waals surface area contributed by atoms with Gasteiger partial charge in [-0.15, -0.1) is 0 Å². The number of unbranched alkanes of at least 4 members (excludes halogenated alkanes) is 1. The topological polar surface area (TPSA) is 55.1 Å². The summed E-state index contributed by atoms with van der Waals surface area (Å²) in [5, 5.41) is 2.86. The largest absolute Gasteiger partial charge is 0.352 e. The van der Waals surface area contributed by atoms with Crippen LogP contribution in [0.5, 0.6) is 0 Å². The SMILES string of the molecule is Cc1ccc(C(=O)NCCCCN)cc1. The van der Waals surface area contributed by atoms with E-state index in [0.717, 1.165) is 18.4 Å². The van der Waals surface area contributed by atoms with Gasteiger partial charge in [-0.2, -0.15) is 0 Å². The number of aryl methyl sites for hydroxylation is 1. The van der Waals surface area contributed by atoms with Gasteiger partial charge in [0, 0.05) is 12.1 Å². The number of carbonyl (C=O) groups excluding carboxylic acids is 1. The molecule has 3 N–H and O–H groups in total. The van der Waals surface area contributed by atoms with Gasteiger partial charge in [0.15, 0.2) is 0 Å². The zero-order valence-electron chi connectivity index (χ0n) is 9.12. The van der Waals surface area contributed by atoms with Crippen LogP contribution in [0.2, 0.25) is 0 Å². The maximum Gasteiger partial charge on any atom is 0.251 e. The molecule has 15 heavy (non-hydrogen) atoms. The van der Waals surface area contributed by atoms with Crippen molar-refractivity contribution in [3.8, 4) is 0 Å². The molecule has 0 aliphatic heterocycles. The molecule has 1 amide bonds. The number of benzene rings is 1. The Morgan fingerprint density at radius 3 is 2.53 bits per heavy atom. The third-order valence-corrected chi connectivity index (χ3v) is 2.23. The smallest absolute Gasteiger partial charge is 0.251 e. The Morgan fingerprint density at radius 1 is 1.27 bits per heavy atom. The molecule has 1 aromatic rings. The average molecular weight is 206 g/mol. The molecule has 0 bridgehead atoms. The van der Waals surface area contributed by atoms with E-state index in [-0.39, 0.29) is 5.91 Å². The molecule has 0 atom stereocenters. The lowest BCUT2D eigenvalue weighted by Crippen LogP contribution is -2.24. The van der Waals surface area contributed by atoms with Gasteiger partial charge in [-0.3, -0.25) is 4.79 Å². The summed E-state index contributed by atoms with van der Waals surface area (Å²) in [4.78, 5) is 11.6. The first-order chi connectivity index (χ1) is 7.24. The van der Waals surface area contributed by atoms with Gasteiger partial charge in [0.2, 0.25) is 0 Å². The summed E-state index contributed by atoms with van der Waals surface area (Å²) in [6.07, 6.45) is 1.89. The van der Waals surface area contributed by atoms with Gasteiger partial charge < -0.3 is 11.1 Å². The lowest BCUT2D eigenvalue weighted by molar-refractivity contribution is 0.0953. The van der Waals surface area contributed by atoms with Crippen molar-refractivity contribution in [1.82, 2.24) is 5.32 Å². The zero-order chi connectivity index (χ0) is 11.1. The van der Waals surface area contributed by atoms with Gasteiger partial charge in [0.1, 0.15) is 0 Å². The zero-order valence-corrected chi connectivity index (χ0v) is 9.12. The molecule has 1 rings (SSSR count). The lowest BCUT2D eigenvalue weighted by Gasteiger charge is -2.04. The first-order valence-corrected chi connectivity index (χ1v) is 5.29. The van der Waals surface area contributed by atoms with E-state index in [2.05, 4.69) is 5.32 Å². The molecule has 0 radical (unpaired) electrons. The van der Waals surface area contributed by atoms with Crippen LogP contribution in [-0.4, -0.2) is 19.0 Å². The number of amides is 1. The first-order valence-electron chi connectivity index (χ1n) is 5.29. The number of nitrogens with one attached hydrogen (secondary N) is 1. The summed E-state index contributed by atoms with van der Waals surface area (Å²) in [5.74, 6) is -0.00739. The van der Waals surface area contributed by atoms with Crippen molar-refractivity contribution in [3.63, 3.8) is 0 Å². The molecule has 0 saturated heterocycles. The molecule has 0 fully saturated rings. The highest BCUT2D eigenvalue weighted by Crippen LogP contribution is 2.02. The van der Waals surface area contributed by atoms with E-state index in [4.69, 9.17) is 5.73 Å². The predicted octanol–water partition coefficient (Wildman–Crippen LogP) is 1.46. The van der Waals surface area contributed by atoms with E-state index in [0.29, 0.717) is 18.7 Å². The van der Waals surface area contributed by atoms with Crippen LogP contribution in [0.15, 0.2) is 24.3 Å². The molecular formula is C12H18N2O. The second kappa shape index (κ2) is 6.19. The highest BCUT2D eigenvalue weighted by Gasteiger charge is 2.02. The van der Waals surface area contributed by atoms with E-state index in [1.54, 1.807) is 0 Å². The molecule has 0 saturated carbocycles. The van der Waals surface area contributed by atoms with Crippen LogP contribution in [0.3, 0.4) is 0 Å². The van der Waals surface area contributed by atoms with Crippen molar-refractivity contribution >= 4 is 5.91 Å². The molecular weight excluding hydrogens is 188 g/mol. The fraction of sp³-hybridized carbons (Fsp3) is 0.417. The van der Waals surface area contributed by atoms with Gasteiger partial charge in [0.25, 0.3) is 5.91 Å². The van der Waals surface area contributed by atoms with Gasteiger partial charge in [-0.1, -0.05) is 17.7 Å². The fourth-order valence-electron chi connectivity index (χ4n) is 1.28. The van der Waals surface area contributed by atoms with E-state index >= 15 is 0 Å². The summed E-state index contributed by atoms with van der Waals surface area (Å²) in [6, 6.07) is 7.56. The van der Waals surface area contributed by atoms with Gasteiger partial charge >= 0.3 is 0 Å². The summed E-state index contributed by atoms with van der Waals surface area (Å²) >= 11 is 0. The molecule has 0 aromatic heterocycles. The van der Waals surface area contributed by atoms with Crippen LogP contribution in [0.4, 0.5) is 0 Å². The van der Waals surface area contributed by atoms with Crippen LogP contribution in [-0.2, 0) is 0 Å². The summed E-state index contributed by atoms with van der Waals surface area (Å²) in [6.45, 7) is 3.38. The molecule has 0 spiro atoms. The average Bonchev–Trinajstić information content (AvgIpc) is 2.25. The molecule has 0 aliphatic carbocycles. The Balaban J connectivity index is 2.37. The Kier molecular flexibility index (Phi) is 4.84. The minimum atomic E-state index is -0.00739. The quantitative estimate of drug-likeness (QED) is 0.717. The monoisotopic (exact) mass is 206 g/mol. The Morgan fingerprint density at radius 2 is 1.93 bits per heavy atom. The molecule has 3 nitrogen and oxygen atoms in total. The normalized spacial score (nSPS) is 10.0. The Labute approximate surface area is 90.7 Å². The molecule has 0 unspecified atom stereocenters. The van der Waals surface area contributed by atoms with Crippen LogP contribution in [0.1, 0.15) is 28.8 Å². The number of nitrogens with two attached hydrogens (primary N) is 1. The highest BCUT2D eigenvalue weighted by atomic mass is 16.1. The van der Waals surface area contributed by atoms with E-state index in [1.165, 1.54) is 0 Å². The van der Waals surface area contributed by atoms with Gasteiger partial charge in [-0.25, -0.2) is 0 Å². The van der Waals surface area contributed by atoms with Gasteiger partial charge in [-0.05, 0) is 38.4 Å². The standard InChI is InChI=1S/C12H18N2O/c1-10-4-6-11(7-5-10)12(15)14-9-3-2-8-13/h4-7H,2-3,8-9,13H2,1H3,(H,14,15). The molecule has 1 aromatic carbocycles. The minimum absolute atomic E-state index is 0.00739. The maximum absolute atomic E-state index is 11.6. The highest BCUT2D eigenvalue weighted by molar-refractivity contribution is 5.94. The summed E-state index contributed by atoms with van der Waals surface area (Å²) < 4.78 is 0. The summed E-state index contributed by atoms with van der Waals surface area (Å²) in [7, 11) is 0. The first kappa shape index (κ1) is 11.7. The van der Waals surface area contributed by atoms with Crippen molar-refractivity contribution in [2.75, 3.05) is 13.1 Å². The molecule has 0 heterocycles. The third-order valence-electron chi connectivity index (χ3n) is 2.23. The van der Waals surface area contributed by atoms with E-state index in [1.807, 2.05) is 31.2 Å². The lowest BCUT2D eigenvalue weighted by atomic mass is 10.1. The molecule has 82 valence electrons. The molecule has 0 aliphatic rings. The number of carbonyl (C=O) groups is 1. The third kappa shape index (κ3) is 4.13. The van der Waals surface area contributed by atoms with Crippen molar-refractivity contribution in [2.24, 2.45) is 5.73 Å². The van der Waals surface area contributed by atoms with Crippen LogP contribution in [0, 0.1) is 6.92 Å². The van der Waals surface area contributed by atoms with Crippen LogP contribution < -0.4 is 11.1 Å². The predicted molar refractivity (Wildman–Crippen MR) is 61.8 cm³/mol. The fourth-order valence-corrected chi connectivity index (χ4v) is 1.28. The number of hydrogen-bond acceptors (Lipinski definition) is 2. The molecule has 3 heteroatoms. The Bertz CT molecular complexity index is 306. The van der Waals surface area contributed by atoms with Gasteiger partial charge in [0.05, 0.1) is 0 Å².